The second-order valence-electron chi connectivity index (χ2n) is 9.27. The summed E-state index contributed by atoms with van der Waals surface area (Å²) in [6.07, 6.45) is 0.373. The second-order valence-corrected chi connectivity index (χ2v) is 9.27. The number of fused-ring (bicyclic) bond motifs is 1. The summed E-state index contributed by atoms with van der Waals surface area (Å²) in [6, 6.07) is 27.8. The molecule has 0 bridgehead atoms. The summed E-state index contributed by atoms with van der Waals surface area (Å²) in [5.41, 5.74) is 4.67. The Morgan fingerprint density at radius 2 is 1.61 bits per heavy atom. The third-order valence-corrected chi connectivity index (χ3v) is 6.84. The van der Waals surface area contributed by atoms with E-state index in [1.165, 1.54) is 0 Å². The van der Waals surface area contributed by atoms with Gasteiger partial charge >= 0.3 is 0 Å². The van der Waals surface area contributed by atoms with Gasteiger partial charge in [-0.1, -0.05) is 85.8 Å². The van der Waals surface area contributed by atoms with Gasteiger partial charge < -0.3 is 4.42 Å². The lowest BCUT2D eigenvalue weighted by Crippen LogP contribution is -2.33. The molecular formula is C32H27N3O3. The molecule has 0 spiro atoms. The van der Waals surface area contributed by atoms with Crippen LogP contribution in [0.1, 0.15) is 36.1 Å². The topological polar surface area (TPSA) is 88.0 Å². The van der Waals surface area contributed by atoms with E-state index in [4.69, 9.17) is 4.42 Å². The molecule has 0 saturated heterocycles. The van der Waals surface area contributed by atoms with Gasteiger partial charge in [0.15, 0.2) is 0 Å². The number of furan rings is 1. The molecule has 0 aliphatic rings. The number of rotatable bonds is 6. The summed E-state index contributed by atoms with van der Waals surface area (Å²) < 4.78 is 7.75. The zero-order chi connectivity index (χ0) is 26.8. The molecule has 1 amide bonds. The van der Waals surface area contributed by atoms with Gasteiger partial charge in [0.05, 0.1) is 5.52 Å². The Morgan fingerprint density at radius 1 is 0.947 bits per heavy atom. The number of benzene rings is 3. The van der Waals surface area contributed by atoms with Gasteiger partial charge in [-0.15, -0.1) is 0 Å². The second kappa shape index (κ2) is 10.2. The molecule has 3 aromatic carbocycles. The van der Waals surface area contributed by atoms with Crippen molar-refractivity contribution in [1.29, 1.82) is 5.26 Å². The summed E-state index contributed by atoms with van der Waals surface area (Å²) in [7, 11) is 0. The summed E-state index contributed by atoms with van der Waals surface area (Å²) in [6.45, 7) is 5.69. The Hall–Kier alpha value is -4.89. The number of nitrogens with zero attached hydrogens (tertiary/aromatic N) is 2. The smallest absolute Gasteiger partial charge is 0.252 e. The van der Waals surface area contributed by atoms with E-state index in [9.17, 15) is 14.9 Å². The maximum atomic E-state index is 13.8. The lowest BCUT2D eigenvalue weighted by molar-refractivity contribution is -0.119. The molecule has 6 nitrogen and oxygen atoms in total. The van der Waals surface area contributed by atoms with E-state index in [2.05, 4.69) is 11.4 Å². The van der Waals surface area contributed by atoms with E-state index in [0.29, 0.717) is 17.7 Å². The minimum Gasteiger partial charge on any atom is -0.438 e. The first-order valence-electron chi connectivity index (χ1n) is 12.5. The lowest BCUT2D eigenvalue weighted by Gasteiger charge is -2.21. The van der Waals surface area contributed by atoms with E-state index in [1.807, 2.05) is 99.6 Å². The van der Waals surface area contributed by atoms with Crippen molar-refractivity contribution in [2.75, 3.05) is 5.32 Å². The van der Waals surface area contributed by atoms with Crippen molar-refractivity contribution < 1.29 is 9.21 Å². The van der Waals surface area contributed by atoms with E-state index >= 15 is 0 Å². The van der Waals surface area contributed by atoms with Gasteiger partial charge in [0.25, 0.3) is 5.56 Å². The predicted octanol–water partition coefficient (Wildman–Crippen LogP) is 7.01. The third kappa shape index (κ3) is 4.29. The number of hydrogen-bond acceptors (Lipinski definition) is 4. The highest BCUT2D eigenvalue weighted by Crippen LogP contribution is 2.41. The maximum Gasteiger partial charge on any atom is 0.252 e. The third-order valence-electron chi connectivity index (χ3n) is 6.84. The fourth-order valence-corrected chi connectivity index (χ4v) is 5.03. The normalized spacial score (nSPS) is 11.7. The molecular weight excluding hydrogens is 474 g/mol. The number of carbonyl (C=O) groups excluding carboxylic acids is 1. The van der Waals surface area contributed by atoms with Gasteiger partial charge in [-0.3, -0.25) is 19.5 Å². The van der Waals surface area contributed by atoms with Crippen LogP contribution in [0.25, 0.3) is 33.4 Å². The fraction of sp³-hybridized carbons (Fsp3) is 0.156. The van der Waals surface area contributed by atoms with Crippen LogP contribution in [-0.2, 0) is 4.79 Å². The lowest BCUT2D eigenvalue weighted by atomic mass is 9.98. The molecule has 6 heteroatoms. The summed E-state index contributed by atoms with van der Waals surface area (Å²) >= 11 is 0. The van der Waals surface area contributed by atoms with E-state index < -0.39 is 11.9 Å². The number of nitriles is 1. The van der Waals surface area contributed by atoms with Crippen LogP contribution in [0.2, 0.25) is 0 Å². The highest BCUT2D eigenvalue weighted by Gasteiger charge is 2.28. The maximum absolute atomic E-state index is 13.8. The van der Waals surface area contributed by atoms with Crippen LogP contribution in [-0.4, -0.2) is 10.5 Å². The SMILES string of the molecule is CCC(C(=O)Nc1oc(-c2ccccc2)c(-c2ccccc2)c1C#N)n1c(=O)cc(C)c2cccc(C)c21. The quantitative estimate of drug-likeness (QED) is 0.271. The van der Waals surface area contributed by atoms with Gasteiger partial charge in [-0.2, -0.15) is 5.26 Å². The molecule has 0 saturated carbocycles. The first-order chi connectivity index (χ1) is 18.4. The van der Waals surface area contributed by atoms with Crippen molar-refractivity contribution in [2.45, 2.75) is 33.2 Å². The average Bonchev–Trinajstić information content (AvgIpc) is 3.30. The molecule has 0 aliphatic carbocycles. The number of pyridine rings is 1. The molecule has 2 heterocycles. The Balaban J connectivity index is 1.64. The zero-order valence-corrected chi connectivity index (χ0v) is 21.5. The number of anilines is 1. The number of aromatic nitrogens is 1. The summed E-state index contributed by atoms with van der Waals surface area (Å²) in [4.78, 5) is 27.0. The van der Waals surface area contributed by atoms with Gasteiger partial charge in [-0.25, -0.2) is 0 Å². The fourth-order valence-electron chi connectivity index (χ4n) is 5.03. The average molecular weight is 502 g/mol. The highest BCUT2D eigenvalue weighted by molar-refractivity contribution is 5.98. The molecule has 0 aliphatic heterocycles. The van der Waals surface area contributed by atoms with Crippen LogP contribution in [0.5, 0.6) is 0 Å². The molecule has 38 heavy (non-hydrogen) atoms. The summed E-state index contributed by atoms with van der Waals surface area (Å²) in [5.74, 6) is 0.132. The number of para-hydroxylation sites is 1. The molecule has 1 atom stereocenters. The Kier molecular flexibility index (Phi) is 6.68. The van der Waals surface area contributed by atoms with Crippen molar-refractivity contribution >= 4 is 22.7 Å². The molecule has 0 radical (unpaired) electrons. The molecule has 188 valence electrons. The monoisotopic (exact) mass is 501 g/mol. The van der Waals surface area contributed by atoms with E-state index in [1.54, 1.807) is 10.6 Å². The predicted molar refractivity (Wildman–Crippen MR) is 150 cm³/mol. The number of nitrogens with one attached hydrogen (secondary N) is 1. The van der Waals surface area contributed by atoms with Crippen LogP contribution in [0.15, 0.2) is 94.1 Å². The Labute approximate surface area is 220 Å². The van der Waals surface area contributed by atoms with Gasteiger partial charge in [0.2, 0.25) is 11.8 Å². The van der Waals surface area contributed by atoms with Crippen LogP contribution >= 0.6 is 0 Å². The zero-order valence-electron chi connectivity index (χ0n) is 21.5. The van der Waals surface area contributed by atoms with Crippen molar-refractivity contribution in [3.8, 4) is 28.5 Å². The standard InChI is InChI=1S/C32H27N3O3/c1-4-26(35-27(36)18-21(3)24-17-11-12-20(2)29(24)35)31(37)34-32-25(19-33)28(22-13-7-5-8-14-22)30(38-32)23-15-9-6-10-16-23/h5-18,26H,4H2,1-3H3,(H,34,37). The minimum absolute atomic E-state index is 0.0647. The van der Waals surface area contributed by atoms with Gasteiger partial charge in [0, 0.05) is 22.6 Å². The van der Waals surface area contributed by atoms with Crippen LogP contribution in [0.3, 0.4) is 0 Å². The number of amides is 1. The van der Waals surface area contributed by atoms with Crippen molar-refractivity contribution in [1.82, 2.24) is 4.57 Å². The Morgan fingerprint density at radius 3 is 2.24 bits per heavy atom. The highest BCUT2D eigenvalue weighted by atomic mass is 16.4. The molecule has 5 aromatic rings. The van der Waals surface area contributed by atoms with Crippen molar-refractivity contribution in [3.05, 3.63) is 112 Å². The number of aryl methyl sites for hydroxylation is 2. The van der Waals surface area contributed by atoms with Crippen molar-refractivity contribution in [3.63, 3.8) is 0 Å². The molecule has 5 rings (SSSR count). The molecule has 2 aromatic heterocycles. The van der Waals surface area contributed by atoms with Crippen molar-refractivity contribution in [2.24, 2.45) is 0 Å². The van der Waals surface area contributed by atoms with Gasteiger partial charge in [0.1, 0.15) is 23.4 Å². The van der Waals surface area contributed by atoms with E-state index in [-0.39, 0.29) is 17.0 Å². The molecule has 0 fully saturated rings. The summed E-state index contributed by atoms with van der Waals surface area (Å²) in [5, 5.41) is 14.0. The van der Waals surface area contributed by atoms with E-state index in [0.717, 1.165) is 33.2 Å². The minimum atomic E-state index is -0.802. The largest absolute Gasteiger partial charge is 0.438 e. The first kappa shape index (κ1) is 24.8. The number of carbonyl (C=O) groups is 1. The van der Waals surface area contributed by atoms with Crippen LogP contribution < -0.4 is 10.9 Å². The molecule has 1 N–H and O–H groups in total. The first-order valence-corrected chi connectivity index (χ1v) is 12.5. The number of hydrogen-bond donors (Lipinski definition) is 1. The Bertz CT molecular complexity index is 1740. The van der Waals surface area contributed by atoms with Crippen LogP contribution in [0, 0.1) is 25.2 Å². The van der Waals surface area contributed by atoms with Crippen LogP contribution in [0.4, 0.5) is 5.88 Å². The van der Waals surface area contributed by atoms with Gasteiger partial charge in [-0.05, 0) is 37.0 Å². The molecule has 1 unspecified atom stereocenters.